The van der Waals surface area contributed by atoms with Crippen LogP contribution in [0.5, 0.6) is 0 Å². The Labute approximate surface area is 81.4 Å². The Morgan fingerprint density at radius 1 is 1.08 bits per heavy atom. The minimum absolute atomic E-state index is 0.113. The Morgan fingerprint density at radius 2 is 1.54 bits per heavy atom. The molecule has 0 aliphatic carbocycles. The third-order valence-corrected chi connectivity index (χ3v) is 2.39. The Kier molecular flexibility index (Phi) is 3.20. The fourth-order valence-corrected chi connectivity index (χ4v) is 1.18. The molecular weight excluding hydrogens is 163 g/mol. The van der Waals surface area contributed by atoms with E-state index in [9.17, 15) is 0 Å². The predicted molar refractivity (Wildman–Crippen MR) is 55.5 cm³/mol. The predicted octanol–water partition coefficient (Wildman–Crippen LogP) is 2.44. The van der Waals surface area contributed by atoms with Crippen LogP contribution in [0.4, 0.5) is 0 Å². The maximum Gasteiger partial charge on any atom is 0.489 e. The van der Waals surface area contributed by atoms with Gasteiger partial charge in [-0.25, -0.2) is 0 Å². The third kappa shape index (κ3) is 2.85. The zero-order valence-electron chi connectivity index (χ0n) is 9.31. The van der Waals surface area contributed by atoms with Gasteiger partial charge in [-0.15, -0.1) is 0 Å². The van der Waals surface area contributed by atoms with Crippen molar-refractivity contribution in [3.8, 4) is 0 Å². The molecule has 2 nitrogen and oxygen atoms in total. The molecule has 0 radical (unpaired) electrons. The molecule has 0 unspecified atom stereocenters. The average molecular weight is 182 g/mol. The SMILES string of the molecule is CC(C)=C(C)B1OCC(C)(C)CO1. The van der Waals surface area contributed by atoms with Crippen LogP contribution in [-0.4, -0.2) is 20.3 Å². The van der Waals surface area contributed by atoms with E-state index in [1.807, 2.05) is 0 Å². The number of allylic oxidation sites excluding steroid dienone is 2. The van der Waals surface area contributed by atoms with Gasteiger partial charge < -0.3 is 9.31 Å². The standard InChI is InChI=1S/C10H19BO2/c1-8(2)9(3)11-12-6-10(4,5)7-13-11/h6-7H2,1-5H3. The Morgan fingerprint density at radius 3 is 1.92 bits per heavy atom. The number of hydrogen-bond acceptors (Lipinski definition) is 2. The maximum absolute atomic E-state index is 5.64. The van der Waals surface area contributed by atoms with Crippen LogP contribution in [0, 0.1) is 5.41 Å². The van der Waals surface area contributed by atoms with Crippen LogP contribution >= 0.6 is 0 Å². The molecular formula is C10H19BO2. The van der Waals surface area contributed by atoms with Gasteiger partial charge in [0, 0.05) is 18.6 Å². The van der Waals surface area contributed by atoms with Gasteiger partial charge in [0.25, 0.3) is 0 Å². The lowest BCUT2D eigenvalue weighted by Crippen LogP contribution is -2.41. The van der Waals surface area contributed by atoms with Crippen LogP contribution in [0.25, 0.3) is 0 Å². The van der Waals surface area contributed by atoms with Gasteiger partial charge in [-0.1, -0.05) is 19.4 Å². The van der Waals surface area contributed by atoms with Gasteiger partial charge in [-0.3, -0.25) is 0 Å². The van der Waals surface area contributed by atoms with Crippen molar-refractivity contribution in [2.24, 2.45) is 5.41 Å². The molecule has 0 aromatic carbocycles. The van der Waals surface area contributed by atoms with Gasteiger partial charge in [0.2, 0.25) is 0 Å². The van der Waals surface area contributed by atoms with E-state index in [2.05, 4.69) is 34.6 Å². The number of hydrogen-bond donors (Lipinski definition) is 0. The zero-order chi connectivity index (χ0) is 10.1. The summed E-state index contributed by atoms with van der Waals surface area (Å²) in [7, 11) is -0.113. The topological polar surface area (TPSA) is 18.5 Å². The van der Waals surface area contributed by atoms with Crippen molar-refractivity contribution in [1.82, 2.24) is 0 Å². The molecule has 1 fully saturated rings. The van der Waals surface area contributed by atoms with Gasteiger partial charge in [0.1, 0.15) is 0 Å². The molecule has 1 heterocycles. The molecule has 0 bridgehead atoms. The van der Waals surface area contributed by atoms with Crippen molar-refractivity contribution < 1.29 is 9.31 Å². The van der Waals surface area contributed by atoms with E-state index in [4.69, 9.17) is 9.31 Å². The van der Waals surface area contributed by atoms with Crippen molar-refractivity contribution in [3.63, 3.8) is 0 Å². The van der Waals surface area contributed by atoms with Crippen LogP contribution < -0.4 is 0 Å². The molecule has 1 saturated heterocycles. The van der Waals surface area contributed by atoms with Crippen LogP contribution in [0.1, 0.15) is 34.6 Å². The first-order chi connectivity index (χ1) is 5.92. The van der Waals surface area contributed by atoms with Crippen LogP contribution in [0.15, 0.2) is 11.0 Å². The summed E-state index contributed by atoms with van der Waals surface area (Å²) in [5.74, 6) is 0. The Bertz CT molecular complexity index is 207. The second kappa shape index (κ2) is 3.85. The van der Waals surface area contributed by atoms with E-state index in [1.165, 1.54) is 11.0 Å². The molecule has 13 heavy (non-hydrogen) atoms. The highest BCUT2D eigenvalue weighted by Crippen LogP contribution is 2.24. The number of rotatable bonds is 1. The summed E-state index contributed by atoms with van der Waals surface area (Å²) >= 11 is 0. The summed E-state index contributed by atoms with van der Waals surface area (Å²) in [4.78, 5) is 0. The lowest BCUT2D eigenvalue weighted by Gasteiger charge is -2.33. The van der Waals surface area contributed by atoms with E-state index in [-0.39, 0.29) is 12.5 Å². The van der Waals surface area contributed by atoms with E-state index >= 15 is 0 Å². The van der Waals surface area contributed by atoms with Crippen molar-refractivity contribution in [1.29, 1.82) is 0 Å². The average Bonchev–Trinajstić information content (AvgIpc) is 2.03. The smallest absolute Gasteiger partial charge is 0.407 e. The lowest BCUT2D eigenvalue weighted by atomic mass is 9.74. The van der Waals surface area contributed by atoms with Crippen molar-refractivity contribution in [2.45, 2.75) is 34.6 Å². The van der Waals surface area contributed by atoms with Gasteiger partial charge in [0.05, 0.1) is 0 Å². The summed E-state index contributed by atoms with van der Waals surface area (Å²) in [6, 6.07) is 0. The van der Waals surface area contributed by atoms with E-state index in [1.54, 1.807) is 0 Å². The highest BCUT2D eigenvalue weighted by atomic mass is 16.6. The largest absolute Gasteiger partial charge is 0.489 e. The van der Waals surface area contributed by atoms with Gasteiger partial charge in [-0.05, 0) is 26.2 Å². The highest BCUT2D eigenvalue weighted by molar-refractivity contribution is 6.53. The Balaban J connectivity index is 2.56. The van der Waals surface area contributed by atoms with E-state index in [0.29, 0.717) is 0 Å². The molecule has 1 aliphatic rings. The molecule has 0 N–H and O–H groups in total. The zero-order valence-corrected chi connectivity index (χ0v) is 9.31. The molecule has 1 rings (SSSR count). The van der Waals surface area contributed by atoms with Crippen LogP contribution in [0.3, 0.4) is 0 Å². The first-order valence-electron chi connectivity index (χ1n) is 4.79. The molecule has 0 amide bonds. The molecule has 3 heteroatoms. The first kappa shape index (κ1) is 10.8. The second-order valence-corrected chi connectivity index (χ2v) is 4.80. The summed E-state index contributed by atoms with van der Waals surface area (Å²) in [6.07, 6.45) is 0. The van der Waals surface area contributed by atoms with Gasteiger partial charge in [0.15, 0.2) is 0 Å². The summed E-state index contributed by atoms with van der Waals surface area (Å²) in [6.45, 7) is 12.1. The summed E-state index contributed by atoms with van der Waals surface area (Å²) < 4.78 is 11.3. The fraction of sp³-hybridized carbons (Fsp3) is 0.800. The normalized spacial score (nSPS) is 21.5. The highest BCUT2D eigenvalue weighted by Gasteiger charge is 2.33. The van der Waals surface area contributed by atoms with Gasteiger partial charge in [-0.2, -0.15) is 0 Å². The Hall–Kier alpha value is -0.275. The fourth-order valence-electron chi connectivity index (χ4n) is 1.18. The third-order valence-electron chi connectivity index (χ3n) is 2.39. The van der Waals surface area contributed by atoms with Crippen molar-refractivity contribution in [2.75, 3.05) is 13.2 Å². The molecule has 74 valence electrons. The van der Waals surface area contributed by atoms with E-state index in [0.717, 1.165) is 13.2 Å². The quantitative estimate of drug-likeness (QED) is 0.580. The van der Waals surface area contributed by atoms with Crippen LogP contribution in [0.2, 0.25) is 0 Å². The molecule has 0 saturated carbocycles. The van der Waals surface area contributed by atoms with Crippen molar-refractivity contribution in [3.05, 3.63) is 11.0 Å². The van der Waals surface area contributed by atoms with E-state index < -0.39 is 0 Å². The summed E-state index contributed by atoms with van der Waals surface area (Å²) in [5.41, 5.74) is 2.65. The minimum atomic E-state index is -0.113. The minimum Gasteiger partial charge on any atom is -0.407 e. The lowest BCUT2D eigenvalue weighted by molar-refractivity contribution is 0.0321. The van der Waals surface area contributed by atoms with Crippen LogP contribution in [-0.2, 0) is 9.31 Å². The monoisotopic (exact) mass is 182 g/mol. The molecule has 0 aromatic rings. The first-order valence-corrected chi connectivity index (χ1v) is 4.79. The summed E-state index contributed by atoms with van der Waals surface area (Å²) in [5, 5.41) is 0. The molecule has 0 atom stereocenters. The second-order valence-electron chi connectivity index (χ2n) is 4.80. The molecule has 1 aliphatic heterocycles. The maximum atomic E-state index is 5.64. The molecule has 0 aromatic heterocycles. The van der Waals surface area contributed by atoms with Gasteiger partial charge >= 0.3 is 7.12 Å². The molecule has 0 spiro atoms. The van der Waals surface area contributed by atoms with Crippen molar-refractivity contribution >= 4 is 7.12 Å².